The molecule has 110 valence electrons. The number of ether oxygens (including phenoxy) is 1. The molecule has 0 spiro atoms. The van der Waals surface area contributed by atoms with Gasteiger partial charge in [0.1, 0.15) is 17.1 Å². The lowest BCUT2D eigenvalue weighted by molar-refractivity contribution is -0.150. The summed E-state index contributed by atoms with van der Waals surface area (Å²) in [5.41, 5.74) is -1.01. The third kappa shape index (κ3) is 4.26. The van der Waals surface area contributed by atoms with Crippen LogP contribution in [0.15, 0.2) is 22.6 Å². The van der Waals surface area contributed by atoms with Crippen LogP contribution in [0.3, 0.4) is 0 Å². The minimum absolute atomic E-state index is 0.361. The van der Waals surface area contributed by atoms with Gasteiger partial charge in [0.05, 0.1) is 7.11 Å². The number of nitrogens with one attached hydrogen (secondary N) is 1. The maximum absolute atomic E-state index is 11.9. The van der Waals surface area contributed by atoms with Crippen molar-refractivity contribution in [1.29, 1.82) is 0 Å². The van der Waals surface area contributed by atoms with Crippen LogP contribution in [0, 0.1) is 6.92 Å². The normalized spacial score (nSPS) is 14.0. The first kappa shape index (κ1) is 16.0. The molecule has 0 aliphatic heterocycles. The first-order valence-electron chi connectivity index (χ1n) is 6.56. The van der Waals surface area contributed by atoms with E-state index in [-0.39, 0.29) is 5.91 Å². The SMILES string of the molecule is CCCC(C)(NC(=O)/C=C/c1ccc(C)o1)C(=O)OC. The fourth-order valence-electron chi connectivity index (χ4n) is 1.96. The molecule has 0 saturated heterocycles. The van der Waals surface area contributed by atoms with Crippen LogP contribution in [0.1, 0.15) is 38.2 Å². The van der Waals surface area contributed by atoms with Crippen molar-refractivity contribution >= 4 is 18.0 Å². The Morgan fingerprint density at radius 3 is 2.65 bits per heavy atom. The fourth-order valence-corrected chi connectivity index (χ4v) is 1.96. The molecule has 1 amide bonds. The van der Waals surface area contributed by atoms with E-state index in [2.05, 4.69) is 5.32 Å². The molecule has 1 N–H and O–H groups in total. The Morgan fingerprint density at radius 2 is 2.15 bits per heavy atom. The van der Waals surface area contributed by atoms with Crippen molar-refractivity contribution in [2.24, 2.45) is 0 Å². The third-order valence-electron chi connectivity index (χ3n) is 2.95. The van der Waals surface area contributed by atoms with Gasteiger partial charge in [-0.15, -0.1) is 0 Å². The number of rotatable bonds is 6. The van der Waals surface area contributed by atoms with Crippen LogP contribution in [-0.4, -0.2) is 24.5 Å². The molecule has 1 atom stereocenters. The summed E-state index contributed by atoms with van der Waals surface area (Å²) in [4.78, 5) is 23.6. The Morgan fingerprint density at radius 1 is 1.45 bits per heavy atom. The quantitative estimate of drug-likeness (QED) is 0.641. The molecule has 0 aliphatic rings. The number of carbonyl (C=O) groups is 2. The summed E-state index contributed by atoms with van der Waals surface area (Å²) in [5.74, 6) is 0.554. The molecule has 0 saturated carbocycles. The van der Waals surface area contributed by atoms with Gasteiger partial charge in [-0.3, -0.25) is 4.79 Å². The molecule has 1 unspecified atom stereocenters. The van der Waals surface area contributed by atoms with Crippen LogP contribution in [-0.2, 0) is 14.3 Å². The van der Waals surface area contributed by atoms with Crippen molar-refractivity contribution in [3.05, 3.63) is 29.7 Å². The van der Waals surface area contributed by atoms with E-state index in [4.69, 9.17) is 9.15 Å². The smallest absolute Gasteiger partial charge is 0.331 e. The van der Waals surface area contributed by atoms with Crippen molar-refractivity contribution < 1.29 is 18.7 Å². The van der Waals surface area contributed by atoms with Crippen LogP contribution in [0.5, 0.6) is 0 Å². The van der Waals surface area contributed by atoms with Crippen LogP contribution < -0.4 is 5.32 Å². The van der Waals surface area contributed by atoms with E-state index in [1.807, 2.05) is 19.9 Å². The number of hydrogen-bond donors (Lipinski definition) is 1. The summed E-state index contributed by atoms with van der Waals surface area (Å²) in [7, 11) is 1.31. The number of methoxy groups -OCH3 is 1. The average molecular weight is 279 g/mol. The highest BCUT2D eigenvalue weighted by Gasteiger charge is 2.34. The Balaban J connectivity index is 2.71. The number of furan rings is 1. The lowest BCUT2D eigenvalue weighted by Crippen LogP contribution is -2.52. The Bertz CT molecular complexity index is 504. The average Bonchev–Trinajstić information content (AvgIpc) is 2.81. The van der Waals surface area contributed by atoms with Gasteiger partial charge >= 0.3 is 5.97 Å². The van der Waals surface area contributed by atoms with Gasteiger partial charge in [-0.1, -0.05) is 13.3 Å². The molecule has 5 heteroatoms. The lowest BCUT2D eigenvalue weighted by Gasteiger charge is -2.26. The second kappa shape index (κ2) is 6.93. The number of hydrogen-bond acceptors (Lipinski definition) is 4. The van der Waals surface area contributed by atoms with Gasteiger partial charge in [0, 0.05) is 6.08 Å². The maximum Gasteiger partial charge on any atom is 0.331 e. The van der Waals surface area contributed by atoms with Crippen molar-refractivity contribution in [1.82, 2.24) is 5.32 Å². The standard InChI is InChI=1S/C15H21NO4/c1-5-10-15(3,14(18)19-4)16-13(17)9-8-12-7-6-11(2)20-12/h6-9H,5,10H2,1-4H3,(H,16,17)/b9-8+. The molecule has 20 heavy (non-hydrogen) atoms. The summed E-state index contributed by atoms with van der Waals surface area (Å²) in [6.07, 6.45) is 4.17. The van der Waals surface area contributed by atoms with E-state index in [1.54, 1.807) is 19.1 Å². The lowest BCUT2D eigenvalue weighted by atomic mass is 9.96. The molecular formula is C15H21NO4. The van der Waals surface area contributed by atoms with Gasteiger partial charge in [0.2, 0.25) is 5.91 Å². The highest BCUT2D eigenvalue weighted by Crippen LogP contribution is 2.14. The Labute approximate surface area is 119 Å². The van der Waals surface area contributed by atoms with Crippen molar-refractivity contribution in [2.45, 2.75) is 39.2 Å². The van der Waals surface area contributed by atoms with Gasteiger partial charge in [0.15, 0.2) is 0 Å². The van der Waals surface area contributed by atoms with E-state index in [0.29, 0.717) is 12.2 Å². The highest BCUT2D eigenvalue weighted by molar-refractivity contribution is 5.95. The number of carbonyl (C=O) groups excluding carboxylic acids is 2. The Hall–Kier alpha value is -2.04. The molecule has 5 nitrogen and oxygen atoms in total. The predicted octanol–water partition coefficient (Wildman–Crippen LogP) is 2.45. The predicted molar refractivity (Wildman–Crippen MR) is 76.0 cm³/mol. The van der Waals surface area contributed by atoms with E-state index in [0.717, 1.165) is 12.2 Å². The molecule has 0 aliphatic carbocycles. The molecule has 1 aromatic rings. The van der Waals surface area contributed by atoms with Gasteiger partial charge in [0.25, 0.3) is 0 Å². The third-order valence-corrected chi connectivity index (χ3v) is 2.95. The summed E-state index contributed by atoms with van der Waals surface area (Å²) in [6, 6.07) is 3.58. The topological polar surface area (TPSA) is 68.5 Å². The minimum atomic E-state index is -1.01. The van der Waals surface area contributed by atoms with Crippen molar-refractivity contribution in [2.75, 3.05) is 7.11 Å². The second-order valence-electron chi connectivity index (χ2n) is 4.84. The van der Waals surface area contributed by atoms with E-state index in [9.17, 15) is 9.59 Å². The van der Waals surface area contributed by atoms with Gasteiger partial charge in [-0.25, -0.2) is 4.79 Å². The van der Waals surface area contributed by atoms with Crippen LogP contribution in [0.2, 0.25) is 0 Å². The monoisotopic (exact) mass is 279 g/mol. The number of aryl methyl sites for hydroxylation is 1. The molecular weight excluding hydrogens is 258 g/mol. The molecule has 1 heterocycles. The van der Waals surface area contributed by atoms with Crippen LogP contribution in [0.25, 0.3) is 6.08 Å². The highest BCUT2D eigenvalue weighted by atomic mass is 16.5. The van der Waals surface area contributed by atoms with Crippen LogP contribution >= 0.6 is 0 Å². The summed E-state index contributed by atoms with van der Waals surface area (Å²) < 4.78 is 10.1. The van der Waals surface area contributed by atoms with E-state index >= 15 is 0 Å². The first-order valence-corrected chi connectivity index (χ1v) is 6.56. The van der Waals surface area contributed by atoms with E-state index < -0.39 is 11.5 Å². The van der Waals surface area contributed by atoms with Gasteiger partial charge in [-0.2, -0.15) is 0 Å². The maximum atomic E-state index is 11.9. The molecule has 1 aromatic heterocycles. The molecule has 1 rings (SSSR count). The zero-order valence-electron chi connectivity index (χ0n) is 12.4. The summed E-state index contributed by atoms with van der Waals surface area (Å²) in [5, 5.41) is 2.68. The summed E-state index contributed by atoms with van der Waals surface area (Å²) >= 11 is 0. The van der Waals surface area contributed by atoms with Crippen molar-refractivity contribution in [3.63, 3.8) is 0 Å². The second-order valence-corrected chi connectivity index (χ2v) is 4.84. The first-order chi connectivity index (χ1) is 9.41. The zero-order valence-corrected chi connectivity index (χ0v) is 12.4. The van der Waals surface area contributed by atoms with Crippen LogP contribution in [0.4, 0.5) is 0 Å². The summed E-state index contributed by atoms with van der Waals surface area (Å²) in [6.45, 7) is 5.42. The molecule has 0 fully saturated rings. The van der Waals surface area contributed by atoms with Gasteiger partial charge in [-0.05, 0) is 38.5 Å². The number of esters is 1. The fraction of sp³-hybridized carbons (Fsp3) is 0.467. The minimum Gasteiger partial charge on any atom is -0.467 e. The molecule has 0 bridgehead atoms. The Kier molecular flexibility index (Phi) is 5.55. The van der Waals surface area contributed by atoms with Gasteiger partial charge < -0.3 is 14.5 Å². The number of amides is 1. The van der Waals surface area contributed by atoms with Crippen molar-refractivity contribution in [3.8, 4) is 0 Å². The molecule has 0 radical (unpaired) electrons. The zero-order chi connectivity index (χ0) is 15.2. The van der Waals surface area contributed by atoms with E-state index in [1.165, 1.54) is 13.2 Å². The largest absolute Gasteiger partial charge is 0.467 e. The molecule has 0 aromatic carbocycles.